The van der Waals surface area contributed by atoms with Crippen LogP contribution in [0.4, 0.5) is 0 Å². The average molecular weight is 208 g/mol. The predicted molar refractivity (Wildman–Crippen MR) is 49.5 cm³/mol. The van der Waals surface area contributed by atoms with Crippen LogP contribution in [0.25, 0.3) is 0 Å². The fourth-order valence-corrected chi connectivity index (χ4v) is 2.32. The van der Waals surface area contributed by atoms with Crippen LogP contribution < -0.4 is 0 Å². The molecule has 2 fully saturated rings. The van der Waals surface area contributed by atoms with E-state index >= 15 is 0 Å². The Morgan fingerprint density at radius 2 is 1.73 bits per heavy atom. The van der Waals surface area contributed by atoms with Crippen LogP contribution in [0.15, 0.2) is 0 Å². The van der Waals surface area contributed by atoms with E-state index in [9.17, 15) is 9.59 Å². The van der Waals surface area contributed by atoms with E-state index in [1.165, 1.54) is 0 Å². The highest BCUT2D eigenvalue weighted by Crippen LogP contribution is 2.35. The maximum atomic E-state index is 11.6. The molecule has 0 N–H and O–H groups in total. The first-order valence-corrected chi connectivity index (χ1v) is 5.04. The SMILES string of the molecule is N#CC1(N2C(=O)COCC2=O)CCCC1. The van der Waals surface area contributed by atoms with Gasteiger partial charge < -0.3 is 4.74 Å². The van der Waals surface area contributed by atoms with Gasteiger partial charge in [0.05, 0.1) is 6.07 Å². The zero-order valence-electron chi connectivity index (χ0n) is 8.36. The van der Waals surface area contributed by atoms with Gasteiger partial charge in [-0.05, 0) is 25.7 Å². The summed E-state index contributed by atoms with van der Waals surface area (Å²) >= 11 is 0. The van der Waals surface area contributed by atoms with Crippen molar-refractivity contribution in [2.75, 3.05) is 13.2 Å². The molecule has 2 rings (SSSR count). The number of carbonyl (C=O) groups is 2. The first-order valence-electron chi connectivity index (χ1n) is 5.04. The number of amides is 2. The molecular weight excluding hydrogens is 196 g/mol. The van der Waals surface area contributed by atoms with Crippen LogP contribution in [-0.2, 0) is 14.3 Å². The first-order chi connectivity index (χ1) is 7.19. The van der Waals surface area contributed by atoms with E-state index in [1.54, 1.807) is 0 Å². The second-order valence-corrected chi connectivity index (χ2v) is 3.97. The van der Waals surface area contributed by atoms with Crippen LogP contribution in [0.2, 0.25) is 0 Å². The summed E-state index contributed by atoms with van der Waals surface area (Å²) in [4.78, 5) is 24.3. The minimum Gasteiger partial charge on any atom is -0.362 e. The summed E-state index contributed by atoms with van der Waals surface area (Å²) in [6.45, 7) is -0.176. The molecule has 1 saturated carbocycles. The molecule has 0 aromatic rings. The molecule has 0 bridgehead atoms. The zero-order chi connectivity index (χ0) is 10.9. The number of carbonyl (C=O) groups excluding carboxylic acids is 2. The van der Waals surface area contributed by atoms with Crippen molar-refractivity contribution >= 4 is 11.8 Å². The summed E-state index contributed by atoms with van der Waals surface area (Å²) < 4.78 is 4.82. The fraction of sp³-hybridized carbons (Fsp3) is 0.700. The molecule has 1 aliphatic carbocycles. The van der Waals surface area contributed by atoms with E-state index in [2.05, 4.69) is 6.07 Å². The van der Waals surface area contributed by atoms with Gasteiger partial charge in [0.2, 0.25) is 0 Å². The van der Waals surface area contributed by atoms with Gasteiger partial charge in [-0.15, -0.1) is 0 Å². The maximum absolute atomic E-state index is 11.6. The summed E-state index contributed by atoms with van der Waals surface area (Å²) in [7, 11) is 0. The standard InChI is InChI=1S/C10H12N2O3/c11-7-10(3-1-2-4-10)12-8(13)5-15-6-9(12)14/h1-6H2. The Labute approximate surface area is 87.6 Å². The van der Waals surface area contributed by atoms with Gasteiger partial charge in [-0.25, -0.2) is 0 Å². The Morgan fingerprint density at radius 1 is 1.20 bits per heavy atom. The third kappa shape index (κ3) is 1.51. The molecule has 2 aliphatic rings. The van der Waals surface area contributed by atoms with Gasteiger partial charge in [0, 0.05) is 0 Å². The highest BCUT2D eigenvalue weighted by Gasteiger charge is 2.47. The van der Waals surface area contributed by atoms with Crippen LogP contribution >= 0.6 is 0 Å². The first kappa shape index (κ1) is 10.1. The van der Waals surface area contributed by atoms with Crippen LogP contribution in [-0.4, -0.2) is 35.5 Å². The topological polar surface area (TPSA) is 70.4 Å². The monoisotopic (exact) mass is 208 g/mol. The van der Waals surface area contributed by atoms with Crippen LogP contribution in [0.3, 0.4) is 0 Å². The Hall–Kier alpha value is -1.41. The number of ether oxygens (including phenoxy) is 1. The van der Waals surface area contributed by atoms with E-state index in [0.29, 0.717) is 12.8 Å². The number of morpholine rings is 1. The smallest absolute Gasteiger partial charge is 0.256 e. The third-order valence-corrected chi connectivity index (χ3v) is 3.02. The molecule has 0 aromatic heterocycles. The lowest BCUT2D eigenvalue weighted by Crippen LogP contribution is -2.57. The van der Waals surface area contributed by atoms with Gasteiger partial charge >= 0.3 is 0 Å². The quantitative estimate of drug-likeness (QED) is 0.577. The number of imide groups is 1. The van der Waals surface area contributed by atoms with Crippen molar-refractivity contribution in [1.82, 2.24) is 4.90 Å². The van der Waals surface area contributed by atoms with E-state index in [1.807, 2.05) is 0 Å². The highest BCUT2D eigenvalue weighted by atomic mass is 16.5. The lowest BCUT2D eigenvalue weighted by molar-refractivity contribution is -0.164. The summed E-state index contributed by atoms with van der Waals surface area (Å²) in [5.74, 6) is -0.760. The van der Waals surface area contributed by atoms with Gasteiger partial charge in [0.15, 0.2) is 0 Å². The second kappa shape index (κ2) is 3.63. The van der Waals surface area contributed by atoms with Gasteiger partial charge in [0.25, 0.3) is 11.8 Å². The van der Waals surface area contributed by atoms with Crippen molar-refractivity contribution in [3.05, 3.63) is 0 Å². The lowest BCUT2D eigenvalue weighted by Gasteiger charge is -2.36. The molecule has 1 heterocycles. The van der Waals surface area contributed by atoms with E-state index in [-0.39, 0.29) is 25.0 Å². The Balaban J connectivity index is 2.30. The summed E-state index contributed by atoms with van der Waals surface area (Å²) in [6.07, 6.45) is 2.99. The molecule has 0 unspecified atom stereocenters. The third-order valence-electron chi connectivity index (χ3n) is 3.02. The van der Waals surface area contributed by atoms with Crippen molar-refractivity contribution in [3.8, 4) is 6.07 Å². The van der Waals surface area contributed by atoms with Crippen LogP contribution in [0.1, 0.15) is 25.7 Å². The van der Waals surface area contributed by atoms with Crippen LogP contribution in [0, 0.1) is 11.3 Å². The van der Waals surface area contributed by atoms with Crippen LogP contribution in [0.5, 0.6) is 0 Å². The average Bonchev–Trinajstić information content (AvgIpc) is 2.67. The highest BCUT2D eigenvalue weighted by molar-refractivity contribution is 5.99. The molecule has 0 aromatic carbocycles. The van der Waals surface area contributed by atoms with Gasteiger partial charge in [-0.3, -0.25) is 14.5 Å². The molecule has 80 valence electrons. The van der Waals surface area contributed by atoms with Crippen molar-refractivity contribution in [3.63, 3.8) is 0 Å². The van der Waals surface area contributed by atoms with E-state index < -0.39 is 5.54 Å². The number of hydrogen-bond donors (Lipinski definition) is 0. The molecule has 5 heteroatoms. The molecule has 15 heavy (non-hydrogen) atoms. The summed E-state index contributed by atoms with van der Waals surface area (Å²) in [6, 6.07) is 2.14. The van der Waals surface area contributed by atoms with Crippen molar-refractivity contribution in [2.45, 2.75) is 31.2 Å². The zero-order valence-corrected chi connectivity index (χ0v) is 8.36. The number of nitrogens with zero attached hydrogens (tertiary/aromatic N) is 2. The number of nitriles is 1. The van der Waals surface area contributed by atoms with Gasteiger partial charge in [-0.1, -0.05) is 0 Å². The normalized spacial score (nSPS) is 25.4. The molecule has 1 saturated heterocycles. The molecule has 1 aliphatic heterocycles. The van der Waals surface area contributed by atoms with Gasteiger partial charge in [-0.2, -0.15) is 5.26 Å². The summed E-state index contributed by atoms with van der Waals surface area (Å²) in [5.41, 5.74) is -0.891. The summed E-state index contributed by atoms with van der Waals surface area (Å²) in [5, 5.41) is 9.17. The second-order valence-electron chi connectivity index (χ2n) is 3.97. The van der Waals surface area contributed by atoms with E-state index in [4.69, 9.17) is 10.00 Å². The minimum atomic E-state index is -0.891. The molecule has 0 spiro atoms. The van der Waals surface area contributed by atoms with E-state index in [0.717, 1.165) is 17.7 Å². The maximum Gasteiger partial charge on any atom is 0.256 e. The predicted octanol–water partition coefficient (Wildman–Crippen LogP) is 0.208. The molecule has 2 amide bonds. The largest absolute Gasteiger partial charge is 0.362 e. The Morgan fingerprint density at radius 3 is 2.20 bits per heavy atom. The molecule has 0 atom stereocenters. The number of hydrogen-bond acceptors (Lipinski definition) is 4. The molecule has 5 nitrogen and oxygen atoms in total. The van der Waals surface area contributed by atoms with Crippen molar-refractivity contribution in [1.29, 1.82) is 5.26 Å². The Bertz CT molecular complexity index is 323. The van der Waals surface area contributed by atoms with Crippen molar-refractivity contribution in [2.24, 2.45) is 0 Å². The van der Waals surface area contributed by atoms with Gasteiger partial charge in [0.1, 0.15) is 18.8 Å². The van der Waals surface area contributed by atoms with Crippen molar-refractivity contribution < 1.29 is 14.3 Å². The fourth-order valence-electron chi connectivity index (χ4n) is 2.32. The minimum absolute atomic E-state index is 0.0881. The lowest BCUT2D eigenvalue weighted by atomic mass is 9.96. The molecular formula is C10H12N2O3. The number of rotatable bonds is 1. The Kier molecular flexibility index (Phi) is 2.45. The molecule has 0 radical (unpaired) electrons.